The second-order valence-corrected chi connectivity index (χ2v) is 4.93. The maximum Gasteiger partial charge on any atom is 0.0471 e. The van der Waals surface area contributed by atoms with Gasteiger partial charge >= 0.3 is 0 Å². The molecule has 0 amide bonds. The second-order valence-electron chi connectivity index (χ2n) is 4.93. The molecule has 0 aliphatic carbocycles. The highest BCUT2D eigenvalue weighted by molar-refractivity contribution is 5.40. The van der Waals surface area contributed by atoms with Crippen molar-refractivity contribution < 1.29 is 4.74 Å². The van der Waals surface area contributed by atoms with Gasteiger partial charge in [-0.1, -0.05) is 25.2 Å². The first kappa shape index (κ1) is 14.2. The second kappa shape index (κ2) is 6.80. The fourth-order valence-electron chi connectivity index (χ4n) is 2.44. The van der Waals surface area contributed by atoms with Crippen molar-refractivity contribution in [2.45, 2.75) is 47.0 Å². The van der Waals surface area contributed by atoms with Crippen molar-refractivity contribution in [1.29, 1.82) is 0 Å². The number of hydrogen-bond donors (Lipinski definition) is 0. The smallest absolute Gasteiger partial charge is 0.0471 e. The zero-order chi connectivity index (χ0) is 12.8. The first-order valence-corrected chi connectivity index (χ1v) is 6.69. The third-order valence-electron chi connectivity index (χ3n) is 4.05. The molecule has 0 spiro atoms. The van der Waals surface area contributed by atoms with E-state index < -0.39 is 0 Å². The van der Waals surface area contributed by atoms with Crippen LogP contribution in [0.25, 0.3) is 0 Å². The van der Waals surface area contributed by atoms with Gasteiger partial charge in [0, 0.05) is 13.2 Å². The topological polar surface area (TPSA) is 9.23 Å². The summed E-state index contributed by atoms with van der Waals surface area (Å²) >= 11 is 0. The number of hydrogen-bond acceptors (Lipinski definition) is 1. The predicted octanol–water partition coefficient (Wildman–Crippen LogP) is 4.66. The van der Waals surface area contributed by atoms with Crippen molar-refractivity contribution in [2.75, 3.05) is 13.2 Å². The molecule has 0 radical (unpaired) electrons. The highest BCUT2D eigenvalue weighted by atomic mass is 16.5. The lowest BCUT2D eigenvalue weighted by Crippen LogP contribution is -2.17. The number of ether oxygens (including phenoxy) is 1. The van der Waals surface area contributed by atoms with Gasteiger partial charge in [-0.05, 0) is 62.7 Å². The molecule has 1 saturated heterocycles. The lowest BCUT2D eigenvalue weighted by Gasteiger charge is -2.25. The molecule has 1 fully saturated rings. The Morgan fingerprint density at radius 1 is 1.18 bits per heavy atom. The average Bonchev–Trinajstić information content (AvgIpc) is 2.38. The van der Waals surface area contributed by atoms with Gasteiger partial charge in [0.05, 0.1) is 0 Å². The molecular formula is C16H26O. The van der Waals surface area contributed by atoms with E-state index in [4.69, 9.17) is 4.74 Å². The number of allylic oxidation sites excluding steroid dienone is 5. The Labute approximate surface area is 106 Å². The largest absolute Gasteiger partial charge is 0.381 e. The zero-order valence-corrected chi connectivity index (χ0v) is 11.8. The normalized spacial score (nSPS) is 20.7. The third kappa shape index (κ3) is 3.57. The maximum absolute atomic E-state index is 5.43. The molecule has 0 aromatic rings. The summed E-state index contributed by atoms with van der Waals surface area (Å²) in [6.45, 7) is 14.7. The molecule has 0 aromatic carbocycles. The third-order valence-corrected chi connectivity index (χ3v) is 4.05. The van der Waals surface area contributed by atoms with Crippen LogP contribution >= 0.6 is 0 Å². The van der Waals surface area contributed by atoms with Crippen LogP contribution < -0.4 is 0 Å². The summed E-state index contributed by atoms with van der Waals surface area (Å²) in [7, 11) is 0. The molecule has 1 nitrogen and oxygen atoms in total. The van der Waals surface area contributed by atoms with Crippen molar-refractivity contribution in [3.63, 3.8) is 0 Å². The Kier molecular flexibility index (Phi) is 5.70. The monoisotopic (exact) mass is 234 g/mol. The molecule has 0 N–H and O–H groups in total. The molecule has 1 aliphatic rings. The molecule has 0 aromatic heterocycles. The SMILES string of the molecule is C=C/C(=C(C)\C(C)=C(/C)CC)C1CCOCC1. The van der Waals surface area contributed by atoms with E-state index in [0.717, 1.165) is 32.5 Å². The quantitative estimate of drug-likeness (QED) is 0.643. The Morgan fingerprint density at radius 3 is 2.24 bits per heavy atom. The van der Waals surface area contributed by atoms with Gasteiger partial charge in [-0.25, -0.2) is 0 Å². The van der Waals surface area contributed by atoms with Crippen LogP contribution in [0.3, 0.4) is 0 Å². The highest BCUT2D eigenvalue weighted by Gasteiger charge is 2.18. The van der Waals surface area contributed by atoms with E-state index in [0.29, 0.717) is 5.92 Å². The van der Waals surface area contributed by atoms with Crippen molar-refractivity contribution in [2.24, 2.45) is 5.92 Å². The molecule has 0 atom stereocenters. The molecule has 0 bridgehead atoms. The molecule has 96 valence electrons. The highest BCUT2D eigenvalue weighted by Crippen LogP contribution is 2.30. The van der Waals surface area contributed by atoms with Gasteiger partial charge in [-0.15, -0.1) is 0 Å². The van der Waals surface area contributed by atoms with E-state index >= 15 is 0 Å². The maximum atomic E-state index is 5.43. The van der Waals surface area contributed by atoms with Gasteiger partial charge in [0.25, 0.3) is 0 Å². The summed E-state index contributed by atoms with van der Waals surface area (Å²) in [5, 5.41) is 0. The first-order chi connectivity index (χ1) is 8.11. The van der Waals surface area contributed by atoms with E-state index in [1.807, 2.05) is 0 Å². The molecule has 17 heavy (non-hydrogen) atoms. The zero-order valence-electron chi connectivity index (χ0n) is 11.8. The van der Waals surface area contributed by atoms with Gasteiger partial charge in [-0.2, -0.15) is 0 Å². The molecular weight excluding hydrogens is 208 g/mol. The standard InChI is InChI=1S/C16H26O/c1-6-12(3)13(4)14(5)16(7-2)15-8-10-17-11-9-15/h7,15H,2,6,8-11H2,1,3-5H3/b13-12+,16-14+. The Morgan fingerprint density at radius 2 is 1.76 bits per heavy atom. The Balaban J connectivity index is 3.00. The fourth-order valence-corrected chi connectivity index (χ4v) is 2.44. The summed E-state index contributed by atoms with van der Waals surface area (Å²) in [5.41, 5.74) is 5.77. The van der Waals surface area contributed by atoms with Crippen LogP contribution in [0.1, 0.15) is 47.0 Å². The first-order valence-electron chi connectivity index (χ1n) is 6.69. The average molecular weight is 234 g/mol. The molecule has 1 aliphatic heterocycles. The van der Waals surface area contributed by atoms with Crippen LogP contribution in [0.5, 0.6) is 0 Å². The minimum absolute atomic E-state index is 0.640. The number of rotatable bonds is 4. The van der Waals surface area contributed by atoms with Crippen LogP contribution in [0.4, 0.5) is 0 Å². The van der Waals surface area contributed by atoms with Crippen LogP contribution in [0.2, 0.25) is 0 Å². The van der Waals surface area contributed by atoms with Crippen molar-refractivity contribution >= 4 is 0 Å². The Bertz CT molecular complexity index is 327. The van der Waals surface area contributed by atoms with Gasteiger partial charge in [0.1, 0.15) is 0 Å². The van der Waals surface area contributed by atoms with Gasteiger partial charge in [-0.3, -0.25) is 0 Å². The van der Waals surface area contributed by atoms with E-state index in [2.05, 4.69) is 40.3 Å². The van der Waals surface area contributed by atoms with Crippen molar-refractivity contribution in [3.8, 4) is 0 Å². The fraction of sp³-hybridized carbons (Fsp3) is 0.625. The molecule has 1 heterocycles. The van der Waals surface area contributed by atoms with E-state index in [-0.39, 0.29) is 0 Å². The lowest BCUT2D eigenvalue weighted by atomic mass is 9.85. The molecule has 0 unspecified atom stereocenters. The van der Waals surface area contributed by atoms with Crippen LogP contribution in [-0.4, -0.2) is 13.2 Å². The summed E-state index contributed by atoms with van der Waals surface area (Å²) in [6.07, 6.45) is 5.45. The van der Waals surface area contributed by atoms with Crippen molar-refractivity contribution in [3.05, 3.63) is 34.9 Å². The van der Waals surface area contributed by atoms with Crippen LogP contribution in [-0.2, 0) is 4.74 Å². The predicted molar refractivity (Wildman–Crippen MR) is 75.1 cm³/mol. The molecule has 0 saturated carbocycles. The minimum atomic E-state index is 0.640. The summed E-state index contributed by atoms with van der Waals surface area (Å²) in [6, 6.07) is 0. The molecule has 1 rings (SSSR count). The van der Waals surface area contributed by atoms with Crippen LogP contribution in [0, 0.1) is 5.92 Å². The molecule has 1 heteroatoms. The van der Waals surface area contributed by atoms with E-state index in [1.165, 1.54) is 22.3 Å². The summed E-state index contributed by atoms with van der Waals surface area (Å²) < 4.78 is 5.43. The summed E-state index contributed by atoms with van der Waals surface area (Å²) in [4.78, 5) is 0. The van der Waals surface area contributed by atoms with Gasteiger partial charge < -0.3 is 4.74 Å². The van der Waals surface area contributed by atoms with E-state index in [9.17, 15) is 0 Å². The lowest BCUT2D eigenvalue weighted by molar-refractivity contribution is 0.0764. The van der Waals surface area contributed by atoms with Gasteiger partial charge in [0.15, 0.2) is 0 Å². The summed E-state index contributed by atoms with van der Waals surface area (Å²) in [5.74, 6) is 0.640. The van der Waals surface area contributed by atoms with Crippen molar-refractivity contribution in [1.82, 2.24) is 0 Å². The van der Waals surface area contributed by atoms with Crippen LogP contribution in [0.15, 0.2) is 34.9 Å². The van der Waals surface area contributed by atoms with Gasteiger partial charge in [0.2, 0.25) is 0 Å². The van der Waals surface area contributed by atoms with E-state index in [1.54, 1.807) is 0 Å². The minimum Gasteiger partial charge on any atom is -0.381 e. The Hall–Kier alpha value is -0.820.